The molecule has 0 atom stereocenters. The Morgan fingerprint density at radius 1 is 1.24 bits per heavy atom. The van der Waals surface area contributed by atoms with Gasteiger partial charge in [-0.05, 0) is 31.2 Å². The summed E-state index contributed by atoms with van der Waals surface area (Å²) < 4.78 is 3.91. The summed E-state index contributed by atoms with van der Waals surface area (Å²) in [5.41, 5.74) is 1.12. The molecule has 0 aliphatic heterocycles. The minimum atomic E-state index is -0.137. The number of para-hydroxylation sites is 1. The third kappa shape index (κ3) is 3.10. The number of aryl methyl sites for hydroxylation is 1. The lowest BCUT2D eigenvalue weighted by molar-refractivity contribution is -0.117. The normalized spacial score (nSPS) is 12.2. The van der Waals surface area contributed by atoms with Crippen molar-refractivity contribution in [1.29, 1.82) is 0 Å². The number of fused-ring (bicyclic) bond motifs is 1. The van der Waals surface area contributed by atoms with Crippen LogP contribution in [-0.2, 0) is 17.8 Å². The van der Waals surface area contributed by atoms with E-state index in [0.29, 0.717) is 10.8 Å². The molecular weight excluding hydrogens is 324 g/mol. The van der Waals surface area contributed by atoms with E-state index in [4.69, 9.17) is 11.6 Å². The van der Waals surface area contributed by atoms with E-state index >= 15 is 0 Å². The number of thiazole rings is 1. The highest BCUT2D eigenvalue weighted by Gasteiger charge is 2.08. The molecule has 0 aliphatic carbocycles. The van der Waals surface area contributed by atoms with Gasteiger partial charge in [-0.2, -0.15) is 4.99 Å². The zero-order valence-corrected chi connectivity index (χ0v) is 13.8. The molecule has 108 valence electrons. The standard InChI is InChI=1S/C15H13ClN2OS2/c1-2-18-11-5-3-4-6-12(11)21-15(18)17-14(19)9-10-7-8-13(16)20-10/h3-8H,2,9H2,1H3. The van der Waals surface area contributed by atoms with Gasteiger partial charge in [-0.25, -0.2) is 0 Å². The highest BCUT2D eigenvalue weighted by atomic mass is 35.5. The summed E-state index contributed by atoms with van der Waals surface area (Å²) in [4.78, 5) is 18.1. The molecule has 0 saturated heterocycles. The molecule has 0 aliphatic rings. The number of aromatic nitrogens is 1. The van der Waals surface area contributed by atoms with Crippen molar-refractivity contribution in [3.05, 3.63) is 50.4 Å². The van der Waals surface area contributed by atoms with Gasteiger partial charge in [0.2, 0.25) is 0 Å². The molecule has 0 spiro atoms. The first kappa shape index (κ1) is 14.5. The van der Waals surface area contributed by atoms with Gasteiger partial charge in [0.15, 0.2) is 4.80 Å². The zero-order chi connectivity index (χ0) is 14.8. The van der Waals surface area contributed by atoms with Crippen molar-refractivity contribution in [2.45, 2.75) is 19.9 Å². The lowest BCUT2D eigenvalue weighted by Crippen LogP contribution is -2.16. The van der Waals surface area contributed by atoms with Crippen molar-refractivity contribution in [3.63, 3.8) is 0 Å². The molecule has 0 N–H and O–H groups in total. The molecule has 0 fully saturated rings. The van der Waals surface area contributed by atoms with Crippen molar-refractivity contribution in [3.8, 4) is 0 Å². The fourth-order valence-electron chi connectivity index (χ4n) is 2.15. The number of halogens is 1. The minimum absolute atomic E-state index is 0.137. The van der Waals surface area contributed by atoms with Gasteiger partial charge in [-0.3, -0.25) is 4.79 Å². The summed E-state index contributed by atoms with van der Waals surface area (Å²) in [6.07, 6.45) is 0.301. The van der Waals surface area contributed by atoms with E-state index in [1.54, 1.807) is 17.4 Å². The Morgan fingerprint density at radius 3 is 2.76 bits per heavy atom. The lowest BCUT2D eigenvalue weighted by Gasteiger charge is -1.99. The quantitative estimate of drug-likeness (QED) is 0.708. The van der Waals surface area contributed by atoms with Gasteiger partial charge >= 0.3 is 0 Å². The molecule has 3 rings (SSSR count). The zero-order valence-electron chi connectivity index (χ0n) is 11.4. The maximum Gasteiger partial charge on any atom is 0.253 e. The van der Waals surface area contributed by atoms with Crippen LogP contribution in [-0.4, -0.2) is 10.5 Å². The first-order chi connectivity index (χ1) is 10.2. The van der Waals surface area contributed by atoms with Crippen LogP contribution in [0.25, 0.3) is 10.2 Å². The molecule has 0 unspecified atom stereocenters. The van der Waals surface area contributed by atoms with E-state index in [1.807, 2.05) is 18.2 Å². The predicted molar refractivity (Wildman–Crippen MR) is 89.1 cm³/mol. The lowest BCUT2D eigenvalue weighted by atomic mass is 10.3. The molecule has 6 heteroatoms. The van der Waals surface area contributed by atoms with Gasteiger partial charge in [-0.1, -0.05) is 35.1 Å². The number of benzene rings is 1. The monoisotopic (exact) mass is 336 g/mol. The molecule has 0 saturated carbocycles. The molecule has 2 aromatic heterocycles. The van der Waals surface area contributed by atoms with Crippen LogP contribution in [0.1, 0.15) is 11.8 Å². The largest absolute Gasteiger partial charge is 0.317 e. The average molecular weight is 337 g/mol. The Balaban J connectivity index is 1.97. The predicted octanol–water partition coefficient (Wildman–Crippen LogP) is 4.11. The van der Waals surface area contributed by atoms with Crippen LogP contribution < -0.4 is 4.80 Å². The maximum atomic E-state index is 12.1. The SMILES string of the molecule is CCn1c(=NC(=O)Cc2ccc(Cl)s2)sc2ccccc21. The summed E-state index contributed by atoms with van der Waals surface area (Å²) in [6.45, 7) is 2.85. The maximum absolute atomic E-state index is 12.1. The summed E-state index contributed by atoms with van der Waals surface area (Å²) in [5.74, 6) is -0.137. The van der Waals surface area contributed by atoms with Crippen molar-refractivity contribution >= 4 is 50.4 Å². The van der Waals surface area contributed by atoms with Crippen molar-refractivity contribution in [2.75, 3.05) is 0 Å². The van der Waals surface area contributed by atoms with Crippen LogP contribution in [0.3, 0.4) is 0 Å². The van der Waals surface area contributed by atoms with Crippen LogP contribution in [0.15, 0.2) is 41.4 Å². The fourth-order valence-corrected chi connectivity index (χ4v) is 4.34. The summed E-state index contributed by atoms with van der Waals surface area (Å²) in [5, 5.41) is 0. The molecular formula is C15H13ClN2OS2. The van der Waals surface area contributed by atoms with Gasteiger partial charge in [0.1, 0.15) is 0 Å². The van der Waals surface area contributed by atoms with Gasteiger partial charge in [-0.15, -0.1) is 11.3 Å². The second-order valence-corrected chi connectivity index (χ2v) is 7.29. The van der Waals surface area contributed by atoms with E-state index < -0.39 is 0 Å². The van der Waals surface area contributed by atoms with Crippen LogP contribution >= 0.6 is 34.3 Å². The van der Waals surface area contributed by atoms with Gasteiger partial charge in [0.25, 0.3) is 5.91 Å². The Morgan fingerprint density at radius 2 is 2.05 bits per heavy atom. The van der Waals surface area contributed by atoms with Crippen molar-refractivity contribution in [2.24, 2.45) is 4.99 Å². The molecule has 0 radical (unpaired) electrons. The second kappa shape index (κ2) is 6.13. The third-order valence-electron chi connectivity index (χ3n) is 3.08. The topological polar surface area (TPSA) is 34.4 Å². The number of rotatable bonds is 3. The Bertz CT molecular complexity index is 860. The van der Waals surface area contributed by atoms with Crippen molar-refractivity contribution < 1.29 is 4.79 Å². The van der Waals surface area contributed by atoms with Crippen LogP contribution in [0, 0.1) is 0 Å². The Labute approximate surface area is 135 Å². The highest BCUT2D eigenvalue weighted by molar-refractivity contribution is 7.16. The fraction of sp³-hybridized carbons (Fsp3) is 0.200. The second-order valence-electron chi connectivity index (χ2n) is 4.48. The molecule has 0 bridgehead atoms. The number of hydrogen-bond donors (Lipinski definition) is 0. The average Bonchev–Trinajstić information content (AvgIpc) is 3.01. The first-order valence-electron chi connectivity index (χ1n) is 6.57. The van der Waals surface area contributed by atoms with E-state index in [2.05, 4.69) is 28.6 Å². The third-order valence-corrected chi connectivity index (χ3v) is 5.37. The van der Waals surface area contributed by atoms with Gasteiger partial charge < -0.3 is 4.57 Å². The van der Waals surface area contributed by atoms with Gasteiger partial charge in [0, 0.05) is 11.4 Å². The van der Waals surface area contributed by atoms with Gasteiger partial charge in [0.05, 0.1) is 21.0 Å². The summed E-state index contributed by atoms with van der Waals surface area (Å²) in [7, 11) is 0. The van der Waals surface area contributed by atoms with Crippen LogP contribution in [0.4, 0.5) is 0 Å². The number of carbonyl (C=O) groups excluding carboxylic acids is 1. The van der Waals surface area contributed by atoms with E-state index in [-0.39, 0.29) is 5.91 Å². The van der Waals surface area contributed by atoms with E-state index in [9.17, 15) is 4.79 Å². The van der Waals surface area contributed by atoms with E-state index in [1.165, 1.54) is 11.3 Å². The molecule has 21 heavy (non-hydrogen) atoms. The first-order valence-corrected chi connectivity index (χ1v) is 8.58. The Hall–Kier alpha value is -1.43. The van der Waals surface area contributed by atoms with Crippen LogP contribution in [0.2, 0.25) is 4.34 Å². The van der Waals surface area contributed by atoms with E-state index in [0.717, 1.165) is 26.4 Å². The highest BCUT2D eigenvalue weighted by Crippen LogP contribution is 2.22. The minimum Gasteiger partial charge on any atom is -0.317 e. The number of amides is 1. The summed E-state index contributed by atoms with van der Waals surface area (Å²) in [6, 6.07) is 11.8. The molecule has 1 amide bonds. The molecule has 2 heterocycles. The Kier molecular flexibility index (Phi) is 4.24. The molecule has 3 nitrogen and oxygen atoms in total. The smallest absolute Gasteiger partial charge is 0.253 e. The molecule has 1 aromatic carbocycles. The summed E-state index contributed by atoms with van der Waals surface area (Å²) >= 11 is 8.85. The number of thiophene rings is 1. The number of carbonyl (C=O) groups is 1. The molecule has 3 aromatic rings. The number of hydrogen-bond acceptors (Lipinski definition) is 3. The van der Waals surface area contributed by atoms with Crippen LogP contribution in [0.5, 0.6) is 0 Å². The van der Waals surface area contributed by atoms with Crippen molar-refractivity contribution in [1.82, 2.24) is 4.57 Å². The number of nitrogens with zero attached hydrogens (tertiary/aromatic N) is 2.